The molecule has 2 rings (SSSR count). The van der Waals surface area contributed by atoms with Gasteiger partial charge in [0.15, 0.2) is 0 Å². The van der Waals surface area contributed by atoms with Crippen LogP contribution in [0.5, 0.6) is 5.75 Å². The summed E-state index contributed by atoms with van der Waals surface area (Å²) in [6.07, 6.45) is 3.16. The first kappa shape index (κ1) is 23.8. The number of ether oxygens (including phenoxy) is 1. The molecule has 0 heterocycles. The molecule has 0 atom stereocenters. The number of benzene rings is 2. The zero-order chi connectivity index (χ0) is 22.0. The largest absolute Gasteiger partial charge is 0.487 e. The lowest BCUT2D eigenvalue weighted by molar-refractivity contribution is 0.306. The first-order valence-electron chi connectivity index (χ1n) is 9.20. The Morgan fingerprint density at radius 2 is 2.07 bits per heavy atom. The Kier molecular flexibility index (Phi) is 9.22. The van der Waals surface area contributed by atoms with E-state index >= 15 is 0 Å². The van der Waals surface area contributed by atoms with E-state index in [0.29, 0.717) is 34.3 Å². The Morgan fingerprint density at radius 3 is 2.73 bits per heavy atom. The van der Waals surface area contributed by atoms with Crippen LogP contribution in [0.3, 0.4) is 0 Å². The number of hydrazine groups is 1. The van der Waals surface area contributed by atoms with E-state index in [4.69, 9.17) is 16.3 Å². The standard InChI is InChI=1S/C20H24ClFN4O3S/c1-3-20(23-14-25-24-9-10-30(2,27)28)26-17-7-8-19(18(21)12-17)29-13-15-5-4-6-16(22)11-15/h4-8,11-12,14,24H,3,9-10,13H2,1-2H3,(H,23,25,26). The predicted molar refractivity (Wildman–Crippen MR) is 119 cm³/mol. The number of aliphatic imine (C=N–C) groups is 2. The predicted octanol–water partition coefficient (Wildman–Crippen LogP) is 3.67. The monoisotopic (exact) mass is 454 g/mol. The van der Waals surface area contributed by atoms with Crippen LogP contribution in [0, 0.1) is 5.82 Å². The average Bonchev–Trinajstić information content (AvgIpc) is 2.68. The van der Waals surface area contributed by atoms with Crippen LogP contribution in [0.4, 0.5) is 10.1 Å². The molecular weight excluding hydrogens is 431 g/mol. The SMILES string of the molecule is CCC(N=CNNCCS(C)(=O)=O)=Nc1ccc(OCc2cccc(F)c2)c(Cl)c1. The van der Waals surface area contributed by atoms with Crippen molar-refractivity contribution in [2.24, 2.45) is 9.98 Å². The second kappa shape index (κ2) is 11.6. The minimum absolute atomic E-state index is 0.0225. The first-order valence-corrected chi connectivity index (χ1v) is 11.6. The highest BCUT2D eigenvalue weighted by atomic mass is 35.5. The summed E-state index contributed by atoms with van der Waals surface area (Å²) in [6, 6.07) is 11.3. The fraction of sp³-hybridized carbons (Fsp3) is 0.300. The third-order valence-corrected chi connectivity index (χ3v) is 4.99. The highest BCUT2D eigenvalue weighted by Crippen LogP contribution is 2.30. The zero-order valence-electron chi connectivity index (χ0n) is 16.7. The van der Waals surface area contributed by atoms with Crippen molar-refractivity contribution in [3.05, 3.63) is 58.9 Å². The maximum atomic E-state index is 13.2. The van der Waals surface area contributed by atoms with E-state index in [1.807, 2.05) is 6.92 Å². The zero-order valence-corrected chi connectivity index (χ0v) is 18.3. The second-order valence-electron chi connectivity index (χ2n) is 6.37. The van der Waals surface area contributed by atoms with Gasteiger partial charge in [-0.1, -0.05) is 30.7 Å². The van der Waals surface area contributed by atoms with E-state index in [1.165, 1.54) is 24.7 Å². The van der Waals surface area contributed by atoms with E-state index in [1.54, 1.807) is 30.3 Å². The topological polar surface area (TPSA) is 92.2 Å². The maximum Gasteiger partial charge on any atom is 0.148 e. The lowest BCUT2D eigenvalue weighted by Crippen LogP contribution is -2.34. The van der Waals surface area contributed by atoms with Gasteiger partial charge in [-0.05, 0) is 35.9 Å². The van der Waals surface area contributed by atoms with Crippen molar-refractivity contribution in [2.75, 3.05) is 18.6 Å². The number of amidine groups is 1. The van der Waals surface area contributed by atoms with Gasteiger partial charge in [0.1, 0.15) is 40.2 Å². The number of nitrogens with zero attached hydrogens (tertiary/aromatic N) is 2. The smallest absolute Gasteiger partial charge is 0.148 e. The Hall–Kier alpha value is -2.49. The fourth-order valence-electron chi connectivity index (χ4n) is 2.27. The van der Waals surface area contributed by atoms with E-state index in [-0.39, 0.29) is 24.7 Å². The molecule has 2 N–H and O–H groups in total. The fourth-order valence-corrected chi connectivity index (χ4v) is 2.98. The molecule has 0 bridgehead atoms. The maximum absolute atomic E-state index is 13.2. The van der Waals surface area contributed by atoms with Gasteiger partial charge in [-0.25, -0.2) is 28.2 Å². The second-order valence-corrected chi connectivity index (χ2v) is 9.04. The van der Waals surface area contributed by atoms with Gasteiger partial charge in [0.25, 0.3) is 0 Å². The van der Waals surface area contributed by atoms with Gasteiger partial charge in [-0.15, -0.1) is 0 Å². The molecule has 0 amide bonds. The van der Waals surface area contributed by atoms with E-state index in [2.05, 4.69) is 20.8 Å². The molecule has 30 heavy (non-hydrogen) atoms. The molecule has 0 saturated carbocycles. The van der Waals surface area contributed by atoms with Crippen molar-refractivity contribution in [3.8, 4) is 5.75 Å². The molecule has 2 aromatic rings. The Morgan fingerprint density at radius 1 is 1.27 bits per heavy atom. The van der Waals surface area contributed by atoms with Crippen LogP contribution in [0.25, 0.3) is 0 Å². The molecule has 0 radical (unpaired) electrons. The highest BCUT2D eigenvalue weighted by molar-refractivity contribution is 7.90. The number of halogens is 2. The Bertz CT molecular complexity index is 1010. The van der Waals surface area contributed by atoms with Gasteiger partial charge < -0.3 is 10.2 Å². The van der Waals surface area contributed by atoms with Gasteiger partial charge >= 0.3 is 0 Å². The van der Waals surface area contributed by atoms with Gasteiger partial charge in [0.05, 0.1) is 16.5 Å². The van der Waals surface area contributed by atoms with Crippen LogP contribution in [0.1, 0.15) is 18.9 Å². The number of rotatable bonds is 10. The third-order valence-electron chi connectivity index (χ3n) is 3.75. The highest BCUT2D eigenvalue weighted by Gasteiger charge is 2.05. The minimum Gasteiger partial charge on any atom is -0.487 e. The summed E-state index contributed by atoms with van der Waals surface area (Å²) < 4.78 is 41.0. The molecule has 7 nitrogen and oxygen atoms in total. The molecule has 0 unspecified atom stereocenters. The third kappa shape index (κ3) is 8.89. The molecule has 2 aromatic carbocycles. The minimum atomic E-state index is -3.01. The van der Waals surface area contributed by atoms with Crippen molar-refractivity contribution in [1.82, 2.24) is 10.9 Å². The molecule has 162 valence electrons. The summed E-state index contributed by atoms with van der Waals surface area (Å²) in [5, 5.41) is 0.382. The van der Waals surface area contributed by atoms with Crippen LogP contribution < -0.4 is 15.6 Å². The van der Waals surface area contributed by atoms with E-state index in [9.17, 15) is 12.8 Å². The molecule has 0 fully saturated rings. The summed E-state index contributed by atoms with van der Waals surface area (Å²) in [4.78, 5) is 8.63. The van der Waals surface area contributed by atoms with E-state index < -0.39 is 9.84 Å². The number of nitrogens with one attached hydrogen (secondary N) is 2. The Balaban J connectivity index is 1.93. The molecular formula is C20H24ClFN4O3S. The average molecular weight is 455 g/mol. The van der Waals surface area contributed by atoms with Crippen molar-refractivity contribution >= 4 is 39.3 Å². The molecule has 0 aliphatic heterocycles. The first-order chi connectivity index (χ1) is 14.3. The molecule has 0 aromatic heterocycles. The van der Waals surface area contributed by atoms with Crippen LogP contribution in [0.2, 0.25) is 5.02 Å². The summed E-state index contributed by atoms with van der Waals surface area (Å²) in [5.41, 5.74) is 6.75. The molecule has 0 aliphatic carbocycles. The summed E-state index contributed by atoms with van der Waals surface area (Å²) in [6.45, 7) is 2.37. The van der Waals surface area contributed by atoms with E-state index in [0.717, 1.165) is 0 Å². The molecule has 0 saturated heterocycles. The number of sulfone groups is 1. The lowest BCUT2D eigenvalue weighted by Gasteiger charge is -2.09. The van der Waals surface area contributed by atoms with Crippen molar-refractivity contribution in [2.45, 2.75) is 20.0 Å². The van der Waals surface area contributed by atoms with Gasteiger partial charge in [0.2, 0.25) is 0 Å². The van der Waals surface area contributed by atoms with Crippen molar-refractivity contribution in [3.63, 3.8) is 0 Å². The Labute approximate surface area is 180 Å². The quantitative estimate of drug-likeness (QED) is 0.247. The lowest BCUT2D eigenvalue weighted by atomic mass is 10.2. The van der Waals surface area contributed by atoms with Gasteiger partial charge in [0, 0.05) is 19.2 Å². The normalized spacial score (nSPS) is 12.3. The van der Waals surface area contributed by atoms with Crippen LogP contribution in [0.15, 0.2) is 52.4 Å². The molecule has 10 heteroatoms. The number of hydrogen-bond acceptors (Lipinski definition) is 5. The van der Waals surface area contributed by atoms with Crippen molar-refractivity contribution < 1.29 is 17.5 Å². The number of hydrogen-bond donors (Lipinski definition) is 2. The summed E-state index contributed by atoms with van der Waals surface area (Å²) in [5.74, 6) is 0.726. The van der Waals surface area contributed by atoms with Gasteiger partial charge in [-0.3, -0.25) is 0 Å². The molecule has 0 aliphatic rings. The molecule has 0 spiro atoms. The van der Waals surface area contributed by atoms with Crippen molar-refractivity contribution in [1.29, 1.82) is 0 Å². The van der Waals surface area contributed by atoms with Gasteiger partial charge in [-0.2, -0.15) is 0 Å². The summed E-state index contributed by atoms with van der Waals surface area (Å²) in [7, 11) is -3.01. The summed E-state index contributed by atoms with van der Waals surface area (Å²) >= 11 is 6.27. The van der Waals surface area contributed by atoms with Crippen LogP contribution >= 0.6 is 11.6 Å². The van der Waals surface area contributed by atoms with Crippen LogP contribution in [-0.4, -0.2) is 39.1 Å². The van der Waals surface area contributed by atoms with Crippen LogP contribution in [-0.2, 0) is 16.4 Å².